The second kappa shape index (κ2) is 11.9. The zero-order valence-corrected chi connectivity index (χ0v) is 19.5. The van der Waals surface area contributed by atoms with Crippen LogP contribution in [0.4, 0.5) is 10.1 Å². The topological polar surface area (TPSA) is 162 Å². The summed E-state index contributed by atoms with van der Waals surface area (Å²) in [5.74, 6) is -3.57. The van der Waals surface area contributed by atoms with Gasteiger partial charge in [0.15, 0.2) is 0 Å². The SMILES string of the molecule is Cc1c[nH]c(=O)n(CCCN2CCN(c3ccc(F)cc3-c3ncco3)CC2)c1=O.O=C(O)C(=O)O. The van der Waals surface area contributed by atoms with Crippen LogP contribution >= 0.6 is 0 Å². The van der Waals surface area contributed by atoms with Crippen molar-refractivity contribution in [2.45, 2.75) is 19.9 Å². The molecule has 36 heavy (non-hydrogen) atoms. The highest BCUT2D eigenvalue weighted by Gasteiger charge is 2.21. The maximum atomic E-state index is 13.8. The van der Waals surface area contributed by atoms with Crippen LogP contribution < -0.4 is 16.1 Å². The largest absolute Gasteiger partial charge is 0.473 e. The Balaban J connectivity index is 0.000000538. The lowest BCUT2D eigenvalue weighted by molar-refractivity contribution is -0.159. The van der Waals surface area contributed by atoms with Crippen molar-refractivity contribution in [3.63, 3.8) is 0 Å². The van der Waals surface area contributed by atoms with E-state index in [9.17, 15) is 14.0 Å². The number of carboxylic acid groups (broad SMARTS) is 2. The van der Waals surface area contributed by atoms with Gasteiger partial charge in [0.25, 0.3) is 5.56 Å². The Morgan fingerprint density at radius 2 is 1.81 bits per heavy atom. The normalized spacial score (nSPS) is 13.7. The van der Waals surface area contributed by atoms with Crippen LogP contribution in [-0.2, 0) is 16.1 Å². The first kappa shape index (κ1) is 26.3. The lowest BCUT2D eigenvalue weighted by atomic mass is 10.1. The van der Waals surface area contributed by atoms with Crippen LogP contribution in [0.15, 0.2) is 50.9 Å². The summed E-state index contributed by atoms with van der Waals surface area (Å²) in [7, 11) is 0. The number of hydrogen-bond donors (Lipinski definition) is 3. The molecule has 13 heteroatoms. The van der Waals surface area contributed by atoms with Gasteiger partial charge in [-0.05, 0) is 38.1 Å². The molecule has 0 amide bonds. The third-order valence-corrected chi connectivity index (χ3v) is 5.61. The van der Waals surface area contributed by atoms with E-state index in [2.05, 4.69) is 19.8 Å². The van der Waals surface area contributed by atoms with Crippen LogP contribution in [0.2, 0.25) is 0 Å². The van der Waals surface area contributed by atoms with Crippen LogP contribution in [-0.4, -0.2) is 74.3 Å². The number of benzene rings is 1. The average Bonchev–Trinajstić information content (AvgIpc) is 3.39. The molecule has 1 fully saturated rings. The molecule has 3 N–H and O–H groups in total. The molecule has 192 valence electrons. The number of nitrogens with zero attached hydrogens (tertiary/aromatic N) is 4. The number of oxazole rings is 1. The van der Waals surface area contributed by atoms with Gasteiger partial charge in [0.2, 0.25) is 5.89 Å². The highest BCUT2D eigenvalue weighted by Crippen LogP contribution is 2.31. The summed E-state index contributed by atoms with van der Waals surface area (Å²) >= 11 is 0. The molecule has 3 aromatic rings. The van der Waals surface area contributed by atoms with Crippen molar-refractivity contribution in [2.75, 3.05) is 37.6 Å². The lowest BCUT2D eigenvalue weighted by Gasteiger charge is -2.36. The van der Waals surface area contributed by atoms with Crippen LogP contribution in [0.25, 0.3) is 11.5 Å². The number of rotatable bonds is 6. The van der Waals surface area contributed by atoms with Gasteiger partial charge in [-0.3, -0.25) is 14.3 Å². The number of nitrogens with one attached hydrogen (secondary N) is 1. The van der Waals surface area contributed by atoms with E-state index < -0.39 is 11.9 Å². The van der Waals surface area contributed by atoms with Gasteiger partial charge < -0.3 is 24.5 Å². The summed E-state index contributed by atoms with van der Waals surface area (Å²) in [6, 6.07) is 4.66. The van der Waals surface area contributed by atoms with E-state index in [4.69, 9.17) is 24.2 Å². The molecule has 0 atom stereocenters. The lowest BCUT2D eigenvalue weighted by Crippen LogP contribution is -2.47. The molecule has 3 heterocycles. The first-order valence-corrected chi connectivity index (χ1v) is 11.1. The number of aromatic amines is 1. The molecule has 1 aromatic carbocycles. The van der Waals surface area contributed by atoms with Gasteiger partial charge in [-0.25, -0.2) is 23.8 Å². The van der Waals surface area contributed by atoms with Crippen molar-refractivity contribution >= 4 is 17.6 Å². The molecule has 1 aliphatic heterocycles. The van der Waals surface area contributed by atoms with Crippen LogP contribution in [0.3, 0.4) is 0 Å². The van der Waals surface area contributed by atoms with E-state index in [1.165, 1.54) is 29.2 Å². The van der Waals surface area contributed by atoms with E-state index in [0.717, 1.165) is 38.4 Å². The number of anilines is 1. The average molecular weight is 503 g/mol. The number of aromatic nitrogens is 3. The Bertz CT molecular complexity index is 1300. The van der Waals surface area contributed by atoms with Crippen molar-refractivity contribution in [2.24, 2.45) is 0 Å². The summed E-state index contributed by atoms with van der Waals surface area (Å²) in [5.41, 5.74) is 1.47. The monoisotopic (exact) mass is 503 g/mol. The smallest absolute Gasteiger partial charge is 0.414 e. The zero-order chi connectivity index (χ0) is 26.2. The molecule has 2 aromatic heterocycles. The fraction of sp³-hybridized carbons (Fsp3) is 0.348. The predicted molar refractivity (Wildman–Crippen MR) is 126 cm³/mol. The van der Waals surface area contributed by atoms with Crippen LogP contribution in [0, 0.1) is 12.7 Å². The molecule has 0 bridgehead atoms. The molecular formula is C23H26FN5O7. The van der Waals surface area contributed by atoms with Gasteiger partial charge in [0.05, 0.1) is 11.8 Å². The standard InChI is InChI=1S/C21H24FN5O3.C2H2O4/c1-15-14-24-21(29)27(20(15)28)7-2-6-25-8-10-26(11-9-25)18-4-3-16(22)13-17(18)19-23-5-12-30-19;3-1(4)2(5)6/h3-5,12-14H,2,6-11H2,1H3,(H,24,29);(H,3,4)(H,5,6). The highest BCUT2D eigenvalue weighted by atomic mass is 19.1. The van der Waals surface area contributed by atoms with Gasteiger partial charge in [-0.1, -0.05) is 0 Å². The van der Waals surface area contributed by atoms with Gasteiger partial charge in [-0.15, -0.1) is 0 Å². The first-order valence-electron chi connectivity index (χ1n) is 11.1. The van der Waals surface area contributed by atoms with Gasteiger partial charge in [0.1, 0.15) is 12.1 Å². The molecule has 1 aliphatic rings. The number of carboxylic acids is 2. The Morgan fingerprint density at radius 3 is 2.42 bits per heavy atom. The number of halogens is 1. The quantitative estimate of drug-likeness (QED) is 0.414. The second-order valence-corrected chi connectivity index (χ2v) is 8.02. The third-order valence-electron chi connectivity index (χ3n) is 5.61. The molecule has 0 unspecified atom stereocenters. The minimum Gasteiger partial charge on any atom is -0.473 e. The fourth-order valence-corrected chi connectivity index (χ4v) is 3.79. The van der Waals surface area contributed by atoms with Crippen molar-refractivity contribution in [3.8, 4) is 11.5 Å². The molecule has 1 saturated heterocycles. The van der Waals surface area contributed by atoms with E-state index in [-0.39, 0.29) is 17.1 Å². The third kappa shape index (κ3) is 6.66. The summed E-state index contributed by atoms with van der Waals surface area (Å²) in [5, 5.41) is 14.8. The molecule has 0 saturated carbocycles. The Hall–Kier alpha value is -4.26. The molecule has 12 nitrogen and oxygen atoms in total. The Labute approximate surface area is 204 Å². The zero-order valence-electron chi connectivity index (χ0n) is 19.5. The minimum absolute atomic E-state index is 0.237. The fourth-order valence-electron chi connectivity index (χ4n) is 3.79. The molecule has 0 aliphatic carbocycles. The first-order chi connectivity index (χ1) is 17.2. The van der Waals surface area contributed by atoms with Crippen LogP contribution in [0.1, 0.15) is 12.0 Å². The summed E-state index contributed by atoms with van der Waals surface area (Å²) in [6.07, 6.45) is 5.19. The van der Waals surface area contributed by atoms with Gasteiger partial charge >= 0.3 is 17.6 Å². The van der Waals surface area contributed by atoms with Crippen LogP contribution in [0.5, 0.6) is 0 Å². The maximum Gasteiger partial charge on any atom is 0.414 e. The van der Waals surface area contributed by atoms with E-state index >= 15 is 0 Å². The van der Waals surface area contributed by atoms with Gasteiger partial charge in [0, 0.05) is 50.2 Å². The highest BCUT2D eigenvalue weighted by molar-refractivity contribution is 6.27. The van der Waals surface area contributed by atoms with E-state index in [0.29, 0.717) is 30.0 Å². The van der Waals surface area contributed by atoms with E-state index in [1.807, 2.05) is 0 Å². The molecular weight excluding hydrogens is 477 g/mol. The second-order valence-electron chi connectivity index (χ2n) is 8.02. The summed E-state index contributed by atoms with van der Waals surface area (Å²) < 4.78 is 20.4. The minimum atomic E-state index is -1.82. The van der Waals surface area contributed by atoms with Crippen molar-refractivity contribution in [3.05, 3.63) is 69.1 Å². The number of hydrogen-bond acceptors (Lipinski definition) is 8. The van der Waals surface area contributed by atoms with E-state index in [1.54, 1.807) is 19.2 Å². The van der Waals surface area contributed by atoms with Crippen molar-refractivity contribution in [1.29, 1.82) is 0 Å². The summed E-state index contributed by atoms with van der Waals surface area (Å²) in [4.78, 5) is 53.4. The Kier molecular flexibility index (Phi) is 8.73. The molecule has 0 spiro atoms. The van der Waals surface area contributed by atoms with Crippen molar-refractivity contribution in [1.82, 2.24) is 19.4 Å². The number of piperazine rings is 1. The maximum absolute atomic E-state index is 13.8. The number of carbonyl (C=O) groups is 2. The molecule has 4 rings (SSSR count). The summed E-state index contributed by atoms with van der Waals surface area (Å²) in [6.45, 7) is 6.11. The predicted octanol–water partition coefficient (Wildman–Crippen LogP) is 1.01. The molecule has 0 radical (unpaired) electrons. The number of aliphatic carboxylic acids is 2. The number of H-pyrrole nitrogens is 1. The van der Waals surface area contributed by atoms with Gasteiger partial charge in [-0.2, -0.15) is 0 Å². The van der Waals surface area contributed by atoms with Crippen molar-refractivity contribution < 1.29 is 28.6 Å². The number of aryl methyl sites for hydroxylation is 1. The Morgan fingerprint density at radius 1 is 1.11 bits per heavy atom.